The number of rotatable bonds is 3. The highest BCUT2D eigenvalue weighted by molar-refractivity contribution is 5.40. The number of hydrogen-bond acceptors (Lipinski definition) is 3. The van der Waals surface area contributed by atoms with Gasteiger partial charge in [0.2, 0.25) is 0 Å². The molecule has 76 valence electrons. The highest BCUT2D eigenvalue weighted by Crippen LogP contribution is 2.31. The van der Waals surface area contributed by atoms with Crippen LogP contribution in [0.5, 0.6) is 5.75 Å². The van der Waals surface area contributed by atoms with E-state index in [1.165, 1.54) is 11.1 Å². The molecule has 14 heavy (non-hydrogen) atoms. The minimum absolute atomic E-state index is 0.0522. The standard InChI is InChI=1S/C11H15NO2/c12-11-4-1-8-7-9(14-6-5-13)2-3-10(8)11/h2-3,7,11,13H,1,4-6,12H2. The van der Waals surface area contributed by atoms with Crippen LogP contribution in [0.2, 0.25) is 0 Å². The molecule has 0 aromatic heterocycles. The molecule has 0 fully saturated rings. The van der Waals surface area contributed by atoms with E-state index in [0.29, 0.717) is 6.61 Å². The predicted octanol–water partition coefficient (Wildman–Crippen LogP) is 1.00. The summed E-state index contributed by atoms with van der Waals surface area (Å²) in [5.74, 6) is 0.826. The van der Waals surface area contributed by atoms with E-state index in [0.717, 1.165) is 18.6 Å². The van der Waals surface area contributed by atoms with Gasteiger partial charge in [0.25, 0.3) is 0 Å². The molecule has 0 amide bonds. The molecule has 1 aliphatic rings. The lowest BCUT2D eigenvalue weighted by Gasteiger charge is -2.08. The van der Waals surface area contributed by atoms with E-state index in [9.17, 15) is 0 Å². The summed E-state index contributed by atoms with van der Waals surface area (Å²) in [5, 5.41) is 8.62. The number of benzene rings is 1. The molecule has 0 bridgehead atoms. The van der Waals surface area contributed by atoms with E-state index in [1.54, 1.807) is 0 Å². The molecule has 1 aromatic carbocycles. The van der Waals surface area contributed by atoms with Crippen molar-refractivity contribution in [3.8, 4) is 5.75 Å². The highest BCUT2D eigenvalue weighted by Gasteiger charge is 2.18. The number of hydrogen-bond donors (Lipinski definition) is 2. The van der Waals surface area contributed by atoms with Gasteiger partial charge in [-0.3, -0.25) is 0 Å². The van der Waals surface area contributed by atoms with Crippen molar-refractivity contribution in [1.82, 2.24) is 0 Å². The first-order valence-electron chi connectivity index (χ1n) is 4.93. The lowest BCUT2D eigenvalue weighted by molar-refractivity contribution is 0.201. The Morgan fingerprint density at radius 1 is 1.50 bits per heavy atom. The Bertz CT molecular complexity index is 325. The second-order valence-electron chi connectivity index (χ2n) is 3.58. The summed E-state index contributed by atoms with van der Waals surface area (Å²) < 4.78 is 5.32. The van der Waals surface area contributed by atoms with Gasteiger partial charge in [0.05, 0.1) is 6.61 Å². The van der Waals surface area contributed by atoms with Crippen molar-refractivity contribution < 1.29 is 9.84 Å². The Morgan fingerprint density at radius 3 is 3.14 bits per heavy atom. The van der Waals surface area contributed by atoms with Crippen LogP contribution >= 0.6 is 0 Å². The predicted molar refractivity (Wildman–Crippen MR) is 54.3 cm³/mol. The first kappa shape index (κ1) is 9.49. The van der Waals surface area contributed by atoms with Gasteiger partial charge in [-0.05, 0) is 36.1 Å². The van der Waals surface area contributed by atoms with E-state index in [-0.39, 0.29) is 12.6 Å². The van der Waals surface area contributed by atoms with Crippen molar-refractivity contribution in [2.45, 2.75) is 18.9 Å². The van der Waals surface area contributed by atoms with Crippen molar-refractivity contribution in [1.29, 1.82) is 0 Å². The van der Waals surface area contributed by atoms with Crippen LogP contribution in [0.3, 0.4) is 0 Å². The zero-order valence-corrected chi connectivity index (χ0v) is 8.07. The van der Waals surface area contributed by atoms with E-state index < -0.39 is 0 Å². The zero-order valence-electron chi connectivity index (χ0n) is 8.07. The fourth-order valence-corrected chi connectivity index (χ4v) is 1.88. The smallest absolute Gasteiger partial charge is 0.119 e. The number of aliphatic hydroxyl groups is 1. The lowest BCUT2D eigenvalue weighted by Crippen LogP contribution is -2.05. The molecule has 0 radical (unpaired) electrons. The van der Waals surface area contributed by atoms with Gasteiger partial charge in [-0.15, -0.1) is 0 Å². The van der Waals surface area contributed by atoms with E-state index in [1.807, 2.05) is 18.2 Å². The van der Waals surface area contributed by atoms with Crippen LogP contribution in [0.15, 0.2) is 18.2 Å². The fourth-order valence-electron chi connectivity index (χ4n) is 1.88. The molecule has 0 saturated heterocycles. The first-order valence-corrected chi connectivity index (χ1v) is 4.93. The van der Waals surface area contributed by atoms with Crippen LogP contribution in [0.1, 0.15) is 23.6 Å². The Hall–Kier alpha value is -1.06. The minimum atomic E-state index is 0.0522. The maximum absolute atomic E-state index is 8.62. The molecule has 0 heterocycles. The molecule has 0 saturated carbocycles. The molecule has 1 aromatic rings. The molecule has 3 nitrogen and oxygen atoms in total. The zero-order chi connectivity index (χ0) is 9.97. The lowest BCUT2D eigenvalue weighted by atomic mass is 10.1. The van der Waals surface area contributed by atoms with Gasteiger partial charge < -0.3 is 15.6 Å². The van der Waals surface area contributed by atoms with E-state index in [2.05, 4.69) is 0 Å². The summed E-state index contributed by atoms with van der Waals surface area (Å²) in [7, 11) is 0. The average Bonchev–Trinajstić information content (AvgIpc) is 2.57. The quantitative estimate of drug-likeness (QED) is 0.753. The Labute approximate surface area is 83.5 Å². The summed E-state index contributed by atoms with van der Waals surface area (Å²) in [4.78, 5) is 0. The molecule has 0 spiro atoms. The minimum Gasteiger partial charge on any atom is -0.491 e. The third-order valence-electron chi connectivity index (χ3n) is 2.60. The monoisotopic (exact) mass is 193 g/mol. The third kappa shape index (κ3) is 1.74. The number of fused-ring (bicyclic) bond motifs is 1. The van der Waals surface area contributed by atoms with Crippen molar-refractivity contribution >= 4 is 0 Å². The van der Waals surface area contributed by atoms with Crippen LogP contribution in [0, 0.1) is 0 Å². The van der Waals surface area contributed by atoms with Gasteiger partial charge in [0, 0.05) is 6.04 Å². The molecular weight excluding hydrogens is 178 g/mol. The Morgan fingerprint density at radius 2 is 2.36 bits per heavy atom. The van der Waals surface area contributed by atoms with Crippen molar-refractivity contribution in [3.05, 3.63) is 29.3 Å². The molecule has 3 heteroatoms. The second kappa shape index (κ2) is 3.98. The molecule has 1 unspecified atom stereocenters. The molecule has 3 N–H and O–H groups in total. The van der Waals surface area contributed by atoms with Crippen LogP contribution in [-0.2, 0) is 6.42 Å². The van der Waals surface area contributed by atoms with Gasteiger partial charge in [0.1, 0.15) is 12.4 Å². The number of ether oxygens (including phenoxy) is 1. The van der Waals surface area contributed by atoms with Crippen molar-refractivity contribution in [3.63, 3.8) is 0 Å². The maximum atomic E-state index is 8.62. The van der Waals surface area contributed by atoms with Crippen molar-refractivity contribution in [2.24, 2.45) is 5.73 Å². The van der Waals surface area contributed by atoms with Gasteiger partial charge >= 0.3 is 0 Å². The average molecular weight is 193 g/mol. The van der Waals surface area contributed by atoms with Crippen LogP contribution in [-0.4, -0.2) is 18.3 Å². The van der Waals surface area contributed by atoms with Gasteiger partial charge in [0.15, 0.2) is 0 Å². The SMILES string of the molecule is NC1CCc2cc(OCCO)ccc21. The molecule has 1 atom stereocenters. The number of aryl methyl sites for hydroxylation is 1. The molecular formula is C11H15NO2. The van der Waals surface area contributed by atoms with Crippen molar-refractivity contribution in [2.75, 3.05) is 13.2 Å². The van der Waals surface area contributed by atoms with Gasteiger partial charge in [-0.1, -0.05) is 6.07 Å². The van der Waals surface area contributed by atoms with Gasteiger partial charge in [-0.25, -0.2) is 0 Å². The summed E-state index contributed by atoms with van der Waals surface area (Å²) in [5.41, 5.74) is 8.44. The molecule has 0 aliphatic heterocycles. The maximum Gasteiger partial charge on any atom is 0.119 e. The van der Waals surface area contributed by atoms with E-state index >= 15 is 0 Å². The number of aliphatic hydroxyl groups excluding tert-OH is 1. The summed E-state index contributed by atoms with van der Waals surface area (Å²) in [6.45, 7) is 0.404. The normalized spacial score (nSPS) is 19.4. The molecule has 2 rings (SSSR count). The topological polar surface area (TPSA) is 55.5 Å². The summed E-state index contributed by atoms with van der Waals surface area (Å²) >= 11 is 0. The van der Waals surface area contributed by atoms with Gasteiger partial charge in [-0.2, -0.15) is 0 Å². The second-order valence-corrected chi connectivity index (χ2v) is 3.58. The van der Waals surface area contributed by atoms with Crippen LogP contribution in [0.25, 0.3) is 0 Å². The number of nitrogens with two attached hydrogens (primary N) is 1. The Kier molecular flexibility index (Phi) is 2.70. The summed E-state index contributed by atoms with van der Waals surface area (Å²) in [6, 6.07) is 6.16. The van der Waals surface area contributed by atoms with Crippen LogP contribution < -0.4 is 10.5 Å². The third-order valence-corrected chi connectivity index (χ3v) is 2.60. The largest absolute Gasteiger partial charge is 0.491 e. The fraction of sp³-hybridized carbons (Fsp3) is 0.455. The Balaban J connectivity index is 2.15. The first-order chi connectivity index (χ1) is 6.81. The summed E-state index contributed by atoms with van der Waals surface area (Å²) in [6.07, 6.45) is 2.06. The molecule has 1 aliphatic carbocycles. The highest BCUT2D eigenvalue weighted by atomic mass is 16.5. The van der Waals surface area contributed by atoms with E-state index in [4.69, 9.17) is 15.6 Å². The van der Waals surface area contributed by atoms with Crippen LogP contribution in [0.4, 0.5) is 0 Å².